The summed E-state index contributed by atoms with van der Waals surface area (Å²) in [5.74, 6) is 1.36. The van der Waals surface area contributed by atoms with Gasteiger partial charge in [-0.3, -0.25) is 4.79 Å². The van der Waals surface area contributed by atoms with E-state index in [9.17, 15) is 4.79 Å². The first-order valence-corrected chi connectivity index (χ1v) is 6.40. The summed E-state index contributed by atoms with van der Waals surface area (Å²) in [6.45, 7) is 6.44. The summed E-state index contributed by atoms with van der Waals surface area (Å²) in [5.41, 5.74) is 2.41. The molecule has 0 amide bonds. The van der Waals surface area contributed by atoms with Gasteiger partial charge in [0.15, 0.2) is 0 Å². The van der Waals surface area contributed by atoms with Crippen LogP contribution >= 0.6 is 0 Å². The van der Waals surface area contributed by atoms with Gasteiger partial charge in [-0.2, -0.15) is 0 Å². The van der Waals surface area contributed by atoms with Crippen LogP contribution in [0.15, 0.2) is 23.4 Å². The minimum atomic E-state index is 0.602. The number of hydrogen-bond donors (Lipinski definition) is 1. The highest BCUT2D eigenvalue weighted by Crippen LogP contribution is 2.34. The van der Waals surface area contributed by atoms with E-state index in [0.29, 0.717) is 12.0 Å². The zero-order valence-electron chi connectivity index (χ0n) is 10.9. The molecule has 17 heavy (non-hydrogen) atoms. The van der Waals surface area contributed by atoms with Crippen LogP contribution in [0.2, 0.25) is 0 Å². The van der Waals surface area contributed by atoms with Crippen molar-refractivity contribution in [3.05, 3.63) is 23.4 Å². The zero-order chi connectivity index (χ0) is 12.4. The lowest BCUT2D eigenvalue weighted by molar-refractivity contribution is -0.104. The molecule has 2 aliphatic rings. The van der Waals surface area contributed by atoms with E-state index < -0.39 is 0 Å². The highest BCUT2D eigenvalue weighted by atomic mass is 16.1. The maximum absolute atomic E-state index is 10.5. The molecule has 0 aromatic carbocycles. The maximum Gasteiger partial charge on any atom is 0.143 e. The Balaban J connectivity index is 2.18. The lowest BCUT2D eigenvalue weighted by Crippen LogP contribution is -2.53. The number of piperidine rings is 2. The van der Waals surface area contributed by atoms with Crippen LogP contribution in [0.1, 0.15) is 20.3 Å². The van der Waals surface area contributed by atoms with Crippen LogP contribution in [-0.2, 0) is 4.79 Å². The van der Waals surface area contributed by atoms with Gasteiger partial charge in [0, 0.05) is 37.8 Å². The number of allylic oxidation sites excluding steroid dienone is 3. The van der Waals surface area contributed by atoms with E-state index in [4.69, 9.17) is 0 Å². The largest absolute Gasteiger partial charge is 0.377 e. The Kier molecular flexibility index (Phi) is 3.67. The van der Waals surface area contributed by atoms with Crippen LogP contribution in [0.3, 0.4) is 0 Å². The van der Waals surface area contributed by atoms with E-state index in [0.717, 1.165) is 30.9 Å². The summed E-state index contributed by atoms with van der Waals surface area (Å²) < 4.78 is 0. The molecule has 2 fully saturated rings. The van der Waals surface area contributed by atoms with E-state index in [-0.39, 0.29) is 0 Å². The third-order valence-electron chi connectivity index (χ3n) is 4.05. The number of nitrogens with one attached hydrogen (secondary N) is 1. The Morgan fingerprint density at radius 3 is 3.00 bits per heavy atom. The standard InChI is InChI=1S/C14H22N2O/c1-10(4-5-17)6-14-12-7-13(9-16(14)3)11(2)15-8-12/h4-6,11-13,15H,7-9H2,1-3H3/b10-4-,14-6-. The molecule has 2 aliphatic heterocycles. The van der Waals surface area contributed by atoms with Crippen LogP contribution in [0.25, 0.3) is 0 Å². The van der Waals surface area contributed by atoms with Gasteiger partial charge >= 0.3 is 0 Å². The lowest BCUT2D eigenvalue weighted by atomic mass is 9.79. The number of carbonyl (C=O) groups is 1. The molecular formula is C14H22N2O. The van der Waals surface area contributed by atoms with E-state index in [1.54, 1.807) is 6.08 Å². The molecule has 0 saturated carbocycles. The fraction of sp³-hybridized carbons (Fsp3) is 0.643. The lowest BCUT2D eigenvalue weighted by Gasteiger charge is -2.46. The van der Waals surface area contributed by atoms with Gasteiger partial charge in [-0.15, -0.1) is 0 Å². The van der Waals surface area contributed by atoms with Crippen LogP contribution in [0, 0.1) is 11.8 Å². The van der Waals surface area contributed by atoms with Gasteiger partial charge in [0.1, 0.15) is 6.29 Å². The minimum Gasteiger partial charge on any atom is -0.377 e. The number of rotatable bonds is 2. The molecule has 3 heteroatoms. The second kappa shape index (κ2) is 5.05. The Morgan fingerprint density at radius 1 is 1.53 bits per heavy atom. The molecule has 3 nitrogen and oxygen atoms in total. The monoisotopic (exact) mass is 234 g/mol. The normalized spacial score (nSPS) is 36.2. The van der Waals surface area contributed by atoms with E-state index in [2.05, 4.69) is 30.3 Å². The molecule has 1 N–H and O–H groups in total. The Bertz CT molecular complexity index is 357. The summed E-state index contributed by atoms with van der Waals surface area (Å²) in [4.78, 5) is 12.8. The molecule has 2 rings (SSSR count). The molecule has 0 aromatic heterocycles. The van der Waals surface area contributed by atoms with Gasteiger partial charge in [-0.25, -0.2) is 0 Å². The third kappa shape index (κ3) is 2.60. The van der Waals surface area contributed by atoms with Gasteiger partial charge in [-0.1, -0.05) is 0 Å². The SMILES string of the molecule is CC(=C/C=O)/C=C1/C2CNC(C)C(C2)CN1C. The maximum atomic E-state index is 10.5. The second-order valence-corrected chi connectivity index (χ2v) is 5.39. The third-order valence-corrected chi connectivity index (χ3v) is 4.05. The van der Waals surface area contributed by atoms with Crippen LogP contribution in [-0.4, -0.2) is 37.4 Å². The van der Waals surface area contributed by atoms with Gasteiger partial charge in [-0.05, 0) is 43.9 Å². The predicted octanol–water partition coefficient (Wildman–Crippen LogP) is 1.58. The van der Waals surface area contributed by atoms with Crippen molar-refractivity contribution >= 4 is 6.29 Å². The fourth-order valence-electron chi connectivity index (χ4n) is 2.99. The first-order chi connectivity index (χ1) is 8.11. The first kappa shape index (κ1) is 12.4. The minimum absolute atomic E-state index is 0.602. The topological polar surface area (TPSA) is 32.3 Å². The summed E-state index contributed by atoms with van der Waals surface area (Å²) >= 11 is 0. The molecule has 3 atom stereocenters. The smallest absolute Gasteiger partial charge is 0.143 e. The van der Waals surface area contributed by atoms with E-state index >= 15 is 0 Å². The van der Waals surface area contributed by atoms with Crippen molar-refractivity contribution in [3.63, 3.8) is 0 Å². The van der Waals surface area contributed by atoms with Gasteiger partial charge in [0.05, 0.1) is 0 Å². The molecule has 0 aromatic rings. The van der Waals surface area contributed by atoms with Crippen molar-refractivity contribution in [1.29, 1.82) is 0 Å². The number of hydrogen-bond acceptors (Lipinski definition) is 3. The second-order valence-electron chi connectivity index (χ2n) is 5.39. The molecule has 0 spiro atoms. The first-order valence-electron chi connectivity index (χ1n) is 6.40. The van der Waals surface area contributed by atoms with Crippen molar-refractivity contribution in [1.82, 2.24) is 10.2 Å². The zero-order valence-corrected chi connectivity index (χ0v) is 10.9. The summed E-state index contributed by atoms with van der Waals surface area (Å²) in [6.07, 6.45) is 5.93. The highest BCUT2D eigenvalue weighted by Gasteiger charge is 2.35. The number of likely N-dealkylation sites (tertiary alicyclic amines) is 1. The molecule has 0 radical (unpaired) electrons. The van der Waals surface area contributed by atoms with E-state index in [1.165, 1.54) is 12.1 Å². The van der Waals surface area contributed by atoms with Crippen LogP contribution < -0.4 is 5.32 Å². The summed E-state index contributed by atoms with van der Waals surface area (Å²) in [7, 11) is 2.16. The number of fused-ring (bicyclic) bond motifs is 2. The van der Waals surface area contributed by atoms with Crippen LogP contribution in [0.4, 0.5) is 0 Å². The van der Waals surface area contributed by atoms with Crippen molar-refractivity contribution in [3.8, 4) is 0 Å². The Labute approximate surface area is 104 Å². The summed E-state index contributed by atoms with van der Waals surface area (Å²) in [6, 6.07) is 0.627. The van der Waals surface area contributed by atoms with Crippen molar-refractivity contribution in [2.24, 2.45) is 11.8 Å². The summed E-state index contributed by atoms with van der Waals surface area (Å²) in [5, 5.41) is 3.58. The number of aldehydes is 1. The van der Waals surface area contributed by atoms with Gasteiger partial charge in [0.2, 0.25) is 0 Å². The molecule has 2 saturated heterocycles. The average molecular weight is 234 g/mol. The average Bonchev–Trinajstić information content (AvgIpc) is 2.29. The Hall–Kier alpha value is -1.09. The fourth-order valence-corrected chi connectivity index (χ4v) is 2.99. The predicted molar refractivity (Wildman–Crippen MR) is 69.6 cm³/mol. The molecule has 0 aliphatic carbocycles. The van der Waals surface area contributed by atoms with Crippen molar-refractivity contribution in [2.45, 2.75) is 26.3 Å². The van der Waals surface area contributed by atoms with Gasteiger partial charge < -0.3 is 10.2 Å². The highest BCUT2D eigenvalue weighted by molar-refractivity contribution is 5.67. The molecule has 2 heterocycles. The van der Waals surface area contributed by atoms with Gasteiger partial charge in [0.25, 0.3) is 0 Å². The molecule has 2 bridgehead atoms. The van der Waals surface area contributed by atoms with Crippen molar-refractivity contribution in [2.75, 3.05) is 20.1 Å². The Morgan fingerprint density at radius 2 is 2.29 bits per heavy atom. The van der Waals surface area contributed by atoms with Crippen molar-refractivity contribution < 1.29 is 4.79 Å². The quantitative estimate of drug-likeness (QED) is 0.581. The number of nitrogens with zero attached hydrogens (tertiary/aromatic N) is 1. The van der Waals surface area contributed by atoms with Crippen LogP contribution in [0.5, 0.6) is 0 Å². The number of carbonyl (C=O) groups excluding carboxylic acids is 1. The molecule has 94 valence electrons. The molecular weight excluding hydrogens is 212 g/mol. The van der Waals surface area contributed by atoms with E-state index in [1.807, 2.05) is 6.92 Å². The molecule has 3 unspecified atom stereocenters.